The van der Waals surface area contributed by atoms with Gasteiger partial charge >= 0.3 is 6.18 Å². The molecule has 0 saturated heterocycles. The average molecular weight is 381 g/mol. The first kappa shape index (κ1) is 17.7. The van der Waals surface area contributed by atoms with E-state index < -0.39 is 38.6 Å². The molecule has 1 aliphatic heterocycles. The summed E-state index contributed by atoms with van der Waals surface area (Å²) in [6, 6.07) is 0.876. The van der Waals surface area contributed by atoms with Crippen LogP contribution < -0.4 is 5.32 Å². The molecule has 0 spiro atoms. The highest BCUT2D eigenvalue weighted by Gasteiger charge is 2.61. The third-order valence-electron chi connectivity index (χ3n) is 5.13. The summed E-state index contributed by atoms with van der Waals surface area (Å²) in [6.07, 6.45) is -4.19. The van der Waals surface area contributed by atoms with Gasteiger partial charge in [0, 0.05) is 5.56 Å². The van der Waals surface area contributed by atoms with E-state index >= 15 is 0 Å². The Hall–Kier alpha value is -1.09. The third-order valence-corrected chi connectivity index (χ3v) is 8.84. The van der Waals surface area contributed by atoms with Crippen molar-refractivity contribution in [3.8, 4) is 0 Å². The molecular weight excluding hydrogens is 363 g/mol. The van der Waals surface area contributed by atoms with Gasteiger partial charge < -0.3 is 5.32 Å². The van der Waals surface area contributed by atoms with E-state index in [0.29, 0.717) is 18.4 Å². The van der Waals surface area contributed by atoms with Gasteiger partial charge in [-0.3, -0.25) is 4.79 Å². The summed E-state index contributed by atoms with van der Waals surface area (Å²) in [5.74, 6) is -1.03. The molecule has 1 N–H and O–H groups in total. The molecule has 134 valence electrons. The highest BCUT2D eigenvalue weighted by atomic mass is 32.2. The summed E-state index contributed by atoms with van der Waals surface area (Å²) in [5.41, 5.74) is -1.94. The van der Waals surface area contributed by atoms with Crippen molar-refractivity contribution < 1.29 is 26.4 Å². The van der Waals surface area contributed by atoms with Crippen molar-refractivity contribution >= 4 is 27.1 Å². The monoisotopic (exact) mass is 381 g/mol. The minimum Gasteiger partial charge on any atom is -0.348 e. The molecule has 2 heterocycles. The molecule has 9 heteroatoms. The Morgan fingerprint density at radius 1 is 1.33 bits per heavy atom. The van der Waals surface area contributed by atoms with Gasteiger partial charge in [0.2, 0.25) is 5.91 Å². The Kier molecular flexibility index (Phi) is 4.23. The van der Waals surface area contributed by atoms with Crippen LogP contribution in [-0.2, 0) is 14.6 Å². The minimum atomic E-state index is -4.60. The second-order valence-electron chi connectivity index (χ2n) is 6.57. The molecule has 1 aromatic rings. The van der Waals surface area contributed by atoms with Crippen molar-refractivity contribution in [2.45, 2.75) is 60.7 Å². The van der Waals surface area contributed by atoms with Crippen molar-refractivity contribution in [2.24, 2.45) is 5.41 Å². The standard InChI is InChI=1S/C15H18F3NO3S2/c1-9-8-11(10-4-7-23-12(10)24(9,21)22)19-13(20)14(15(16,17)18)5-2-3-6-14/h4,7,9,11H,2-3,5-6,8H2,1H3,(H,19,20)/t9-,11-/m0/s1. The van der Waals surface area contributed by atoms with Gasteiger partial charge in [0.1, 0.15) is 9.62 Å². The van der Waals surface area contributed by atoms with Crippen molar-refractivity contribution in [2.75, 3.05) is 0 Å². The van der Waals surface area contributed by atoms with Crippen LogP contribution >= 0.6 is 11.3 Å². The second-order valence-corrected chi connectivity index (χ2v) is 10.0. The Labute approximate surface area is 142 Å². The topological polar surface area (TPSA) is 63.2 Å². The number of hydrogen-bond donors (Lipinski definition) is 1. The Bertz CT molecular complexity index is 748. The zero-order chi connectivity index (χ0) is 17.8. The van der Waals surface area contributed by atoms with Gasteiger partial charge in [0.05, 0.1) is 11.3 Å². The van der Waals surface area contributed by atoms with Crippen molar-refractivity contribution in [1.82, 2.24) is 5.32 Å². The van der Waals surface area contributed by atoms with Crippen LogP contribution in [0.2, 0.25) is 0 Å². The summed E-state index contributed by atoms with van der Waals surface area (Å²) in [6.45, 7) is 1.52. The maximum absolute atomic E-state index is 13.5. The number of nitrogens with one attached hydrogen (secondary N) is 1. The number of alkyl halides is 3. The summed E-state index contributed by atoms with van der Waals surface area (Å²) in [7, 11) is -3.46. The molecule has 0 aromatic carbocycles. The first-order valence-corrected chi connectivity index (χ1v) is 10.2. The maximum Gasteiger partial charge on any atom is 0.403 e. The van der Waals surface area contributed by atoms with Crippen LogP contribution in [0.15, 0.2) is 15.7 Å². The van der Waals surface area contributed by atoms with Crippen LogP contribution in [0.4, 0.5) is 13.2 Å². The van der Waals surface area contributed by atoms with Gasteiger partial charge in [0.15, 0.2) is 9.84 Å². The molecule has 0 radical (unpaired) electrons. The molecule has 1 fully saturated rings. The van der Waals surface area contributed by atoms with E-state index in [1.165, 1.54) is 6.92 Å². The first-order valence-electron chi connectivity index (χ1n) is 7.78. The van der Waals surface area contributed by atoms with Crippen molar-refractivity contribution in [1.29, 1.82) is 0 Å². The van der Waals surface area contributed by atoms with E-state index in [2.05, 4.69) is 5.32 Å². The van der Waals surface area contributed by atoms with E-state index in [9.17, 15) is 26.4 Å². The summed E-state index contributed by atoms with van der Waals surface area (Å²) in [4.78, 5) is 12.5. The molecule has 2 aliphatic rings. The number of carbonyl (C=O) groups is 1. The van der Waals surface area contributed by atoms with Gasteiger partial charge in [-0.2, -0.15) is 13.2 Å². The number of halogens is 3. The molecule has 2 atom stereocenters. The average Bonchev–Trinajstić information content (AvgIpc) is 3.14. The lowest BCUT2D eigenvalue weighted by Crippen LogP contribution is -2.50. The van der Waals surface area contributed by atoms with Crippen LogP contribution in [0.5, 0.6) is 0 Å². The van der Waals surface area contributed by atoms with Gasteiger partial charge in [-0.05, 0) is 37.6 Å². The van der Waals surface area contributed by atoms with Crippen LogP contribution in [0.3, 0.4) is 0 Å². The van der Waals surface area contributed by atoms with E-state index in [-0.39, 0.29) is 23.5 Å². The van der Waals surface area contributed by atoms with Crippen LogP contribution in [-0.4, -0.2) is 25.8 Å². The van der Waals surface area contributed by atoms with Crippen molar-refractivity contribution in [3.05, 3.63) is 17.0 Å². The van der Waals surface area contributed by atoms with Gasteiger partial charge in [-0.25, -0.2) is 8.42 Å². The normalized spacial score (nSPS) is 28.3. The maximum atomic E-state index is 13.5. The number of amides is 1. The van der Waals surface area contributed by atoms with Crippen molar-refractivity contribution in [3.63, 3.8) is 0 Å². The lowest BCUT2D eigenvalue weighted by molar-refractivity contribution is -0.220. The lowest BCUT2D eigenvalue weighted by Gasteiger charge is -2.34. The zero-order valence-corrected chi connectivity index (χ0v) is 14.7. The largest absolute Gasteiger partial charge is 0.403 e. The predicted molar refractivity (Wildman–Crippen MR) is 83.4 cm³/mol. The number of sulfone groups is 1. The zero-order valence-electron chi connectivity index (χ0n) is 13.0. The molecule has 0 unspecified atom stereocenters. The Morgan fingerprint density at radius 2 is 1.96 bits per heavy atom. The van der Waals surface area contributed by atoms with Gasteiger partial charge in [-0.15, -0.1) is 11.3 Å². The van der Waals surface area contributed by atoms with E-state index in [1.54, 1.807) is 11.4 Å². The molecule has 1 amide bonds. The molecule has 1 saturated carbocycles. The quantitative estimate of drug-likeness (QED) is 0.851. The number of rotatable bonds is 2. The number of hydrogen-bond acceptors (Lipinski definition) is 4. The smallest absolute Gasteiger partial charge is 0.348 e. The number of carbonyl (C=O) groups excluding carboxylic acids is 1. The number of thiophene rings is 1. The number of fused-ring (bicyclic) bond motifs is 1. The van der Waals surface area contributed by atoms with Crippen LogP contribution in [0.1, 0.15) is 50.6 Å². The highest BCUT2D eigenvalue weighted by Crippen LogP contribution is 2.51. The molecule has 1 aromatic heterocycles. The fraction of sp³-hybridized carbons (Fsp3) is 0.667. The molecule has 1 aliphatic carbocycles. The summed E-state index contributed by atoms with van der Waals surface area (Å²) in [5, 5.41) is 3.36. The van der Waals surface area contributed by atoms with Crippen LogP contribution in [0, 0.1) is 5.41 Å². The molecule has 4 nitrogen and oxygen atoms in total. The van der Waals surface area contributed by atoms with E-state index in [1.807, 2.05) is 0 Å². The van der Waals surface area contributed by atoms with E-state index in [4.69, 9.17) is 0 Å². The third kappa shape index (κ3) is 2.56. The molecule has 24 heavy (non-hydrogen) atoms. The molecule has 3 rings (SSSR count). The fourth-order valence-corrected chi connectivity index (χ4v) is 6.84. The minimum absolute atomic E-state index is 0.0890. The van der Waals surface area contributed by atoms with Gasteiger partial charge in [-0.1, -0.05) is 12.8 Å². The molecule has 0 bridgehead atoms. The molecular formula is C15H18F3NO3S2. The summed E-state index contributed by atoms with van der Waals surface area (Å²) >= 11 is 1.04. The first-order chi connectivity index (χ1) is 11.1. The van der Waals surface area contributed by atoms with E-state index in [0.717, 1.165) is 11.3 Å². The Balaban J connectivity index is 1.91. The SMILES string of the molecule is C[C@H]1C[C@H](NC(=O)C2(C(F)(F)F)CCCC2)c2ccsc2S1(=O)=O. The fourth-order valence-electron chi connectivity index (χ4n) is 3.61. The lowest BCUT2D eigenvalue weighted by atomic mass is 9.83. The van der Waals surface area contributed by atoms with Crippen LogP contribution in [0.25, 0.3) is 0 Å². The Morgan fingerprint density at radius 3 is 2.54 bits per heavy atom. The highest BCUT2D eigenvalue weighted by molar-refractivity contribution is 7.94. The summed E-state index contributed by atoms with van der Waals surface area (Å²) < 4.78 is 65.2. The second kappa shape index (κ2) is 5.72. The predicted octanol–water partition coefficient (Wildman–Crippen LogP) is 3.59. The van der Waals surface area contributed by atoms with Gasteiger partial charge in [0.25, 0.3) is 0 Å².